The first-order valence-electron chi connectivity index (χ1n) is 11.9. The molecule has 1 aliphatic rings. The Kier molecular flexibility index (Phi) is 8.97. The molecule has 1 saturated heterocycles. The van der Waals surface area contributed by atoms with Crippen LogP contribution in [0.25, 0.3) is 10.9 Å². The van der Waals surface area contributed by atoms with E-state index < -0.39 is 22.9 Å². The molecule has 0 saturated carbocycles. The van der Waals surface area contributed by atoms with Gasteiger partial charge in [-0.25, -0.2) is 19.0 Å². The smallest absolute Gasteiger partial charge is 0.267 e. The van der Waals surface area contributed by atoms with Crippen molar-refractivity contribution in [3.8, 4) is 23.5 Å². The normalized spacial score (nSPS) is 13.5. The monoisotopic (exact) mass is 476 g/mol. The topological polar surface area (TPSA) is 91.7 Å². The van der Waals surface area contributed by atoms with Gasteiger partial charge in [0.15, 0.2) is 11.6 Å². The van der Waals surface area contributed by atoms with Crippen molar-refractivity contribution in [2.24, 2.45) is 5.92 Å². The van der Waals surface area contributed by atoms with Crippen LogP contribution in [0.1, 0.15) is 45.1 Å². The fourth-order valence-electron chi connectivity index (χ4n) is 4.35. The molecule has 4 rings (SSSR count). The predicted molar refractivity (Wildman–Crippen MR) is 131 cm³/mol. The molecule has 0 atom stereocenters. The van der Waals surface area contributed by atoms with Crippen molar-refractivity contribution >= 4 is 17.6 Å². The number of aryl methyl sites for hydroxylation is 1. The molecular formula is C26H27BF2N4O2. The molecule has 2 aromatic carbocycles. The number of nitriles is 2. The van der Waals surface area contributed by atoms with Crippen LogP contribution in [0.15, 0.2) is 41.5 Å². The largest absolute Gasteiger partial charge is 0.453 e. The number of aromatic nitrogens is 2. The molecular weight excluding hydrogens is 449 g/mol. The summed E-state index contributed by atoms with van der Waals surface area (Å²) in [5, 5.41) is 18.5. The standard InChI is InChI=1S/C24H21BF2N4O2.C2H6/c26-20-4-5-21(27)23(19(20)13-28)33-17-3-6-22-18(12-17)24(32)31(15-30-22)11-1-2-16-7-9-25(14-29)10-8-16;1-2/h3-6,12,15-16H,1-2,7-11H2;1-2H3. The lowest BCUT2D eigenvalue weighted by molar-refractivity contribution is 0.408. The molecule has 9 heteroatoms. The van der Waals surface area contributed by atoms with E-state index in [1.807, 2.05) is 13.8 Å². The molecule has 3 aromatic rings. The zero-order chi connectivity index (χ0) is 25.4. The van der Waals surface area contributed by atoms with E-state index in [4.69, 9.17) is 15.3 Å². The Balaban J connectivity index is 0.00000167. The maximum atomic E-state index is 14.2. The van der Waals surface area contributed by atoms with Gasteiger partial charge in [-0.3, -0.25) is 9.36 Å². The second kappa shape index (κ2) is 12.1. The molecule has 6 nitrogen and oxygen atoms in total. The van der Waals surface area contributed by atoms with Gasteiger partial charge in [0.2, 0.25) is 0 Å². The van der Waals surface area contributed by atoms with Gasteiger partial charge in [-0.2, -0.15) is 5.26 Å². The molecule has 1 fully saturated rings. The number of nitrogens with zero attached hydrogens (tertiary/aromatic N) is 4. The summed E-state index contributed by atoms with van der Waals surface area (Å²) in [5.41, 5.74) is -0.333. The fourth-order valence-corrected chi connectivity index (χ4v) is 4.35. The summed E-state index contributed by atoms with van der Waals surface area (Å²) >= 11 is 0. The zero-order valence-electron chi connectivity index (χ0n) is 19.9. The highest BCUT2D eigenvalue weighted by atomic mass is 19.1. The average molecular weight is 476 g/mol. The van der Waals surface area contributed by atoms with Crippen molar-refractivity contribution in [2.75, 3.05) is 0 Å². The van der Waals surface area contributed by atoms with Gasteiger partial charge in [0, 0.05) is 12.5 Å². The molecule has 0 aliphatic carbocycles. The van der Waals surface area contributed by atoms with Crippen molar-refractivity contribution in [3.05, 3.63) is 64.2 Å². The third kappa shape index (κ3) is 6.05. The zero-order valence-corrected chi connectivity index (χ0v) is 19.9. The summed E-state index contributed by atoms with van der Waals surface area (Å²) in [5.74, 6) is 0.743. The van der Waals surface area contributed by atoms with Crippen LogP contribution in [0.3, 0.4) is 0 Å². The Bertz CT molecular complexity index is 1320. The number of hydrogen-bond acceptors (Lipinski definition) is 5. The van der Waals surface area contributed by atoms with Crippen LogP contribution in [0.4, 0.5) is 8.78 Å². The second-order valence-corrected chi connectivity index (χ2v) is 8.36. The lowest BCUT2D eigenvalue weighted by Gasteiger charge is -2.23. The lowest BCUT2D eigenvalue weighted by atomic mass is 9.41. The van der Waals surface area contributed by atoms with Crippen LogP contribution >= 0.6 is 0 Å². The van der Waals surface area contributed by atoms with Gasteiger partial charge in [-0.15, -0.1) is 0 Å². The minimum absolute atomic E-state index is 0.106. The summed E-state index contributed by atoms with van der Waals surface area (Å²) in [6, 6.07) is 7.82. The van der Waals surface area contributed by atoms with E-state index in [1.54, 1.807) is 12.1 Å². The van der Waals surface area contributed by atoms with Crippen molar-refractivity contribution in [2.45, 2.75) is 58.7 Å². The van der Waals surface area contributed by atoms with E-state index >= 15 is 0 Å². The number of fused-ring (bicyclic) bond motifs is 1. The van der Waals surface area contributed by atoms with Crippen molar-refractivity contribution in [1.29, 1.82) is 10.5 Å². The van der Waals surface area contributed by atoms with Crippen LogP contribution in [0, 0.1) is 40.1 Å². The number of halogens is 2. The van der Waals surface area contributed by atoms with E-state index in [-0.39, 0.29) is 18.0 Å². The SMILES string of the molecule is CC.N#CB1CCC(CCCn2cnc3ccc(Oc4c(F)ccc(F)c4C#N)cc3c2=O)CC1. The second-order valence-electron chi connectivity index (χ2n) is 8.36. The van der Waals surface area contributed by atoms with Gasteiger partial charge in [0.25, 0.3) is 12.3 Å². The summed E-state index contributed by atoms with van der Waals surface area (Å²) in [7, 11) is 0. The van der Waals surface area contributed by atoms with E-state index in [1.165, 1.54) is 23.0 Å². The third-order valence-corrected chi connectivity index (χ3v) is 6.23. The average Bonchev–Trinajstić information content (AvgIpc) is 2.89. The maximum absolute atomic E-state index is 14.2. The summed E-state index contributed by atoms with van der Waals surface area (Å²) in [6.45, 7) is 4.69. The van der Waals surface area contributed by atoms with E-state index in [0.29, 0.717) is 23.4 Å². The first-order chi connectivity index (χ1) is 17.0. The highest BCUT2D eigenvalue weighted by molar-refractivity contribution is 6.67. The highest BCUT2D eigenvalue weighted by Crippen LogP contribution is 2.31. The van der Waals surface area contributed by atoms with Crippen LogP contribution in [0.2, 0.25) is 12.6 Å². The fraction of sp³-hybridized carbons (Fsp3) is 0.385. The van der Waals surface area contributed by atoms with Gasteiger partial charge >= 0.3 is 0 Å². The number of ether oxygens (including phenoxy) is 1. The Morgan fingerprint density at radius 2 is 1.86 bits per heavy atom. The summed E-state index contributed by atoms with van der Waals surface area (Å²) in [4.78, 5) is 17.3. The number of rotatable bonds is 6. The molecule has 0 amide bonds. The Morgan fingerprint density at radius 3 is 2.54 bits per heavy atom. The minimum atomic E-state index is -0.889. The van der Waals surface area contributed by atoms with Gasteiger partial charge in [0.1, 0.15) is 23.2 Å². The molecule has 0 radical (unpaired) electrons. The van der Waals surface area contributed by atoms with Gasteiger partial charge < -0.3 is 4.74 Å². The number of hydrogen-bond donors (Lipinski definition) is 0. The molecule has 1 aromatic heterocycles. The minimum Gasteiger partial charge on any atom is -0.453 e. The number of benzene rings is 2. The molecule has 0 spiro atoms. The highest BCUT2D eigenvalue weighted by Gasteiger charge is 2.23. The molecule has 0 N–H and O–H groups in total. The van der Waals surface area contributed by atoms with Crippen molar-refractivity contribution < 1.29 is 13.5 Å². The quantitative estimate of drug-likeness (QED) is 0.400. The Morgan fingerprint density at radius 1 is 1.14 bits per heavy atom. The summed E-state index contributed by atoms with van der Waals surface area (Å²) in [6.07, 6.45) is 7.31. The predicted octanol–water partition coefficient (Wildman–Crippen LogP) is 6.11. The van der Waals surface area contributed by atoms with Gasteiger partial charge in [-0.1, -0.05) is 39.3 Å². The summed E-state index contributed by atoms with van der Waals surface area (Å²) < 4.78 is 35.0. The van der Waals surface area contributed by atoms with Crippen LogP contribution < -0.4 is 10.3 Å². The van der Waals surface area contributed by atoms with E-state index in [0.717, 1.165) is 50.5 Å². The third-order valence-electron chi connectivity index (χ3n) is 6.23. The van der Waals surface area contributed by atoms with Crippen LogP contribution in [-0.2, 0) is 6.54 Å². The van der Waals surface area contributed by atoms with E-state index in [9.17, 15) is 13.6 Å². The Labute approximate surface area is 203 Å². The first kappa shape index (κ1) is 25.9. The first-order valence-corrected chi connectivity index (χ1v) is 11.9. The van der Waals surface area contributed by atoms with Gasteiger partial charge in [0.05, 0.1) is 17.2 Å². The molecule has 0 unspecified atom stereocenters. The molecule has 1 aliphatic heterocycles. The van der Waals surface area contributed by atoms with Crippen molar-refractivity contribution in [3.63, 3.8) is 0 Å². The Hall–Kier alpha value is -3.72. The molecule has 0 bridgehead atoms. The molecule has 180 valence electrons. The van der Waals surface area contributed by atoms with E-state index in [2.05, 4.69) is 11.0 Å². The van der Waals surface area contributed by atoms with Crippen molar-refractivity contribution in [1.82, 2.24) is 9.55 Å². The molecule has 2 heterocycles. The van der Waals surface area contributed by atoms with Crippen LogP contribution in [-0.4, -0.2) is 16.3 Å². The molecule has 35 heavy (non-hydrogen) atoms. The van der Waals surface area contributed by atoms with Crippen LogP contribution in [0.5, 0.6) is 11.5 Å². The lowest BCUT2D eigenvalue weighted by Crippen LogP contribution is -2.22. The maximum Gasteiger partial charge on any atom is 0.267 e. The van der Waals surface area contributed by atoms with Gasteiger partial charge in [-0.05, 0) is 49.1 Å².